The summed E-state index contributed by atoms with van der Waals surface area (Å²) < 4.78 is 39.4. The third kappa shape index (κ3) is 1.91. The largest absolute Gasteiger partial charge is 0.434 e. The summed E-state index contributed by atoms with van der Waals surface area (Å²) in [5.41, 5.74) is 4.26. The molecule has 0 saturated heterocycles. The van der Waals surface area contributed by atoms with Crippen LogP contribution in [0.4, 0.5) is 13.2 Å². The molecule has 1 fully saturated rings. The number of rotatable bonds is 3. The standard InChI is InChI=1S/C9H13F3N4/c1-5(6-2-3-6)16-8(9(10,11)12)7(4-13)14-15-16/h5-6H,2-4,13H2,1H3. The Morgan fingerprint density at radius 1 is 1.50 bits per heavy atom. The van der Waals surface area contributed by atoms with E-state index in [1.54, 1.807) is 6.92 Å². The van der Waals surface area contributed by atoms with Crippen LogP contribution < -0.4 is 5.73 Å². The first-order chi connectivity index (χ1) is 7.45. The molecule has 1 saturated carbocycles. The second-order valence-electron chi connectivity index (χ2n) is 4.11. The lowest BCUT2D eigenvalue weighted by Gasteiger charge is -2.16. The fraction of sp³-hybridized carbons (Fsp3) is 0.778. The molecule has 1 unspecified atom stereocenters. The van der Waals surface area contributed by atoms with Crippen LogP contribution in [0.25, 0.3) is 0 Å². The van der Waals surface area contributed by atoms with E-state index in [4.69, 9.17) is 5.73 Å². The highest BCUT2D eigenvalue weighted by molar-refractivity contribution is 5.15. The van der Waals surface area contributed by atoms with E-state index in [2.05, 4.69) is 10.3 Å². The smallest absolute Gasteiger partial charge is 0.325 e. The summed E-state index contributed by atoms with van der Waals surface area (Å²) in [7, 11) is 0. The molecule has 1 aliphatic rings. The number of nitrogens with zero attached hydrogens (tertiary/aromatic N) is 3. The van der Waals surface area contributed by atoms with Crippen LogP contribution in [-0.2, 0) is 12.7 Å². The van der Waals surface area contributed by atoms with Crippen molar-refractivity contribution in [3.8, 4) is 0 Å². The molecule has 1 aliphatic carbocycles. The van der Waals surface area contributed by atoms with Gasteiger partial charge in [0.25, 0.3) is 0 Å². The summed E-state index contributed by atoms with van der Waals surface area (Å²) >= 11 is 0. The molecule has 0 aromatic carbocycles. The van der Waals surface area contributed by atoms with E-state index in [9.17, 15) is 13.2 Å². The Morgan fingerprint density at radius 2 is 2.12 bits per heavy atom. The molecule has 1 heterocycles. The third-order valence-corrected chi connectivity index (χ3v) is 2.92. The first-order valence-electron chi connectivity index (χ1n) is 5.16. The molecule has 0 spiro atoms. The van der Waals surface area contributed by atoms with E-state index >= 15 is 0 Å². The van der Waals surface area contributed by atoms with Crippen molar-refractivity contribution >= 4 is 0 Å². The lowest BCUT2D eigenvalue weighted by molar-refractivity contribution is -0.145. The van der Waals surface area contributed by atoms with Gasteiger partial charge in [0.1, 0.15) is 5.69 Å². The molecule has 2 rings (SSSR count). The molecule has 90 valence electrons. The molecular weight excluding hydrogens is 221 g/mol. The fourth-order valence-corrected chi connectivity index (χ4v) is 1.82. The van der Waals surface area contributed by atoms with Crippen LogP contribution in [0.15, 0.2) is 0 Å². The number of halogens is 3. The number of hydrogen-bond acceptors (Lipinski definition) is 3. The number of alkyl halides is 3. The highest BCUT2D eigenvalue weighted by Gasteiger charge is 2.42. The van der Waals surface area contributed by atoms with Crippen molar-refractivity contribution in [2.45, 2.75) is 38.5 Å². The first kappa shape index (κ1) is 11.4. The van der Waals surface area contributed by atoms with Crippen LogP contribution >= 0.6 is 0 Å². The van der Waals surface area contributed by atoms with Crippen LogP contribution in [0.1, 0.15) is 37.2 Å². The maximum atomic E-state index is 12.8. The molecule has 0 radical (unpaired) electrons. The molecule has 1 aromatic rings. The average Bonchev–Trinajstić information content (AvgIpc) is 2.93. The minimum Gasteiger partial charge on any atom is -0.325 e. The van der Waals surface area contributed by atoms with E-state index in [0.29, 0.717) is 0 Å². The first-order valence-corrected chi connectivity index (χ1v) is 5.16. The van der Waals surface area contributed by atoms with Crippen molar-refractivity contribution in [3.05, 3.63) is 11.4 Å². The van der Waals surface area contributed by atoms with Crippen LogP contribution in [0.2, 0.25) is 0 Å². The van der Waals surface area contributed by atoms with E-state index in [1.807, 2.05) is 0 Å². The Morgan fingerprint density at radius 3 is 2.56 bits per heavy atom. The van der Waals surface area contributed by atoms with Gasteiger partial charge in [-0.1, -0.05) is 5.21 Å². The van der Waals surface area contributed by atoms with Gasteiger partial charge in [0.05, 0.1) is 6.04 Å². The van der Waals surface area contributed by atoms with Crippen LogP contribution in [0.5, 0.6) is 0 Å². The van der Waals surface area contributed by atoms with Crippen molar-refractivity contribution in [1.82, 2.24) is 15.0 Å². The number of aromatic nitrogens is 3. The second-order valence-corrected chi connectivity index (χ2v) is 4.11. The topological polar surface area (TPSA) is 56.7 Å². The lowest BCUT2D eigenvalue weighted by atomic mass is 10.2. The second kappa shape index (κ2) is 3.73. The third-order valence-electron chi connectivity index (χ3n) is 2.92. The molecule has 0 bridgehead atoms. The molecule has 1 atom stereocenters. The predicted molar refractivity (Wildman–Crippen MR) is 50.4 cm³/mol. The van der Waals surface area contributed by atoms with Gasteiger partial charge in [0, 0.05) is 6.54 Å². The van der Waals surface area contributed by atoms with Crippen molar-refractivity contribution in [2.24, 2.45) is 11.7 Å². The van der Waals surface area contributed by atoms with Gasteiger partial charge < -0.3 is 5.73 Å². The molecule has 0 aliphatic heterocycles. The molecule has 7 heteroatoms. The van der Waals surface area contributed by atoms with E-state index < -0.39 is 11.9 Å². The summed E-state index contributed by atoms with van der Waals surface area (Å²) in [5.74, 6) is 0.286. The molecule has 2 N–H and O–H groups in total. The van der Waals surface area contributed by atoms with Gasteiger partial charge >= 0.3 is 6.18 Å². The quantitative estimate of drug-likeness (QED) is 0.866. The van der Waals surface area contributed by atoms with Crippen molar-refractivity contribution in [3.63, 3.8) is 0 Å². The van der Waals surface area contributed by atoms with E-state index in [1.165, 1.54) is 0 Å². The highest BCUT2D eigenvalue weighted by atomic mass is 19.4. The lowest BCUT2D eigenvalue weighted by Crippen LogP contribution is -2.21. The SMILES string of the molecule is CC(C1CC1)n1nnc(CN)c1C(F)(F)F. The molecule has 16 heavy (non-hydrogen) atoms. The van der Waals surface area contributed by atoms with Gasteiger partial charge in [-0.25, -0.2) is 4.68 Å². The van der Waals surface area contributed by atoms with Gasteiger partial charge in [-0.3, -0.25) is 0 Å². The van der Waals surface area contributed by atoms with E-state index in [0.717, 1.165) is 17.5 Å². The zero-order chi connectivity index (χ0) is 11.9. The Labute approximate surface area is 90.6 Å². The van der Waals surface area contributed by atoms with Crippen LogP contribution in [-0.4, -0.2) is 15.0 Å². The maximum Gasteiger partial charge on any atom is 0.434 e. The van der Waals surface area contributed by atoms with Gasteiger partial charge in [0.15, 0.2) is 5.69 Å². The van der Waals surface area contributed by atoms with Crippen molar-refractivity contribution in [1.29, 1.82) is 0 Å². The Bertz CT molecular complexity index is 381. The monoisotopic (exact) mass is 234 g/mol. The zero-order valence-corrected chi connectivity index (χ0v) is 8.83. The highest BCUT2D eigenvalue weighted by Crippen LogP contribution is 2.42. The van der Waals surface area contributed by atoms with Crippen molar-refractivity contribution in [2.75, 3.05) is 0 Å². The number of nitrogens with two attached hydrogens (primary N) is 1. The molecule has 1 aromatic heterocycles. The summed E-state index contributed by atoms with van der Waals surface area (Å²) in [6.45, 7) is 1.49. The zero-order valence-electron chi connectivity index (χ0n) is 8.83. The summed E-state index contributed by atoms with van der Waals surface area (Å²) in [6, 6.07) is -0.260. The van der Waals surface area contributed by atoms with E-state index in [-0.39, 0.29) is 24.2 Å². The summed E-state index contributed by atoms with van der Waals surface area (Å²) in [4.78, 5) is 0. The maximum absolute atomic E-state index is 12.8. The van der Waals surface area contributed by atoms with Crippen LogP contribution in [0, 0.1) is 5.92 Å². The molecule has 0 amide bonds. The molecular formula is C9H13F3N4. The van der Waals surface area contributed by atoms with Crippen molar-refractivity contribution < 1.29 is 13.2 Å². The van der Waals surface area contributed by atoms with Gasteiger partial charge in [-0.15, -0.1) is 5.10 Å². The summed E-state index contributed by atoms with van der Waals surface area (Å²) in [6.07, 6.45) is -2.53. The Balaban J connectivity index is 2.40. The average molecular weight is 234 g/mol. The summed E-state index contributed by atoms with van der Waals surface area (Å²) in [5, 5.41) is 7.08. The Hall–Kier alpha value is -1.11. The minimum atomic E-state index is -4.44. The van der Waals surface area contributed by atoms with Gasteiger partial charge in [-0.05, 0) is 25.7 Å². The van der Waals surface area contributed by atoms with Crippen LogP contribution in [0.3, 0.4) is 0 Å². The van der Waals surface area contributed by atoms with Gasteiger partial charge in [-0.2, -0.15) is 13.2 Å². The molecule has 4 nitrogen and oxygen atoms in total. The number of hydrogen-bond donors (Lipinski definition) is 1. The Kier molecular flexibility index (Phi) is 2.65. The van der Waals surface area contributed by atoms with Gasteiger partial charge in [0.2, 0.25) is 0 Å². The fourth-order valence-electron chi connectivity index (χ4n) is 1.82. The normalized spacial score (nSPS) is 18.8. The predicted octanol–water partition coefficient (Wildman–Crippen LogP) is 1.73. The minimum absolute atomic E-state index is 0.181.